The largest absolute Gasteiger partial charge is 0.383 e. The maximum atomic E-state index is 12.7. The van der Waals surface area contributed by atoms with Gasteiger partial charge in [0.05, 0.1) is 12.6 Å². The Kier molecular flexibility index (Phi) is 4.11. The van der Waals surface area contributed by atoms with Gasteiger partial charge in [-0.05, 0) is 0 Å². The van der Waals surface area contributed by atoms with E-state index in [1.807, 2.05) is 0 Å². The van der Waals surface area contributed by atoms with Crippen molar-refractivity contribution in [3.8, 4) is 0 Å². The highest BCUT2D eigenvalue weighted by Crippen LogP contribution is 2.09. The van der Waals surface area contributed by atoms with E-state index >= 15 is 0 Å². The first-order chi connectivity index (χ1) is 6.24. The number of hydrogen-bond acceptors (Lipinski definition) is 3. The van der Waals surface area contributed by atoms with Crippen molar-refractivity contribution < 1.29 is 13.9 Å². The van der Waals surface area contributed by atoms with E-state index in [1.54, 1.807) is 7.11 Å². The molecule has 0 unspecified atom stereocenters. The summed E-state index contributed by atoms with van der Waals surface area (Å²) in [6.07, 6.45) is -0.614. The molecule has 1 aliphatic heterocycles. The first kappa shape index (κ1) is 10.4. The van der Waals surface area contributed by atoms with Crippen LogP contribution in [-0.2, 0) is 9.53 Å². The van der Waals surface area contributed by atoms with Gasteiger partial charge in [-0.25, -0.2) is 4.39 Å². The summed E-state index contributed by atoms with van der Waals surface area (Å²) in [7, 11) is 1.57. The molecule has 1 fully saturated rings. The summed E-state index contributed by atoms with van der Waals surface area (Å²) in [5.41, 5.74) is 0. The molecule has 1 aliphatic rings. The summed E-state index contributed by atoms with van der Waals surface area (Å²) >= 11 is 0. The summed E-state index contributed by atoms with van der Waals surface area (Å²) < 4.78 is 17.4. The van der Waals surface area contributed by atoms with E-state index < -0.39 is 6.17 Å². The quantitative estimate of drug-likeness (QED) is 0.585. The Morgan fingerprint density at radius 2 is 2.54 bits per heavy atom. The van der Waals surface area contributed by atoms with Crippen LogP contribution in [0.1, 0.15) is 6.42 Å². The molecule has 0 aromatic heterocycles. The number of carbonyl (C=O) groups excluding carboxylic acids is 1. The van der Waals surface area contributed by atoms with Gasteiger partial charge in [0, 0.05) is 26.6 Å². The molecule has 0 aliphatic carbocycles. The van der Waals surface area contributed by atoms with Crippen molar-refractivity contribution in [2.24, 2.45) is 0 Å². The smallest absolute Gasteiger partial charge is 0.237 e. The number of ether oxygens (including phenoxy) is 1. The minimum Gasteiger partial charge on any atom is -0.383 e. The molecule has 76 valence electrons. The molecule has 0 spiro atoms. The Hall–Kier alpha value is -0.680. The topological polar surface area (TPSA) is 50.4 Å². The average Bonchev–Trinajstić information content (AvgIpc) is 2.52. The zero-order chi connectivity index (χ0) is 9.68. The molecule has 2 atom stereocenters. The fourth-order valence-electron chi connectivity index (χ4n) is 1.29. The minimum absolute atomic E-state index is 0.141. The molecule has 1 rings (SSSR count). The van der Waals surface area contributed by atoms with E-state index in [-0.39, 0.29) is 24.9 Å². The maximum Gasteiger partial charge on any atom is 0.237 e. The SMILES string of the molecule is COCCNC(=O)[C@@H]1C[C@@H](F)CN1. The highest BCUT2D eigenvalue weighted by atomic mass is 19.1. The second kappa shape index (κ2) is 5.14. The lowest BCUT2D eigenvalue weighted by atomic mass is 10.2. The van der Waals surface area contributed by atoms with Crippen LogP contribution in [0.5, 0.6) is 0 Å². The normalized spacial score (nSPS) is 27.5. The molecule has 0 aromatic rings. The summed E-state index contributed by atoms with van der Waals surface area (Å²) in [5, 5.41) is 5.46. The fraction of sp³-hybridized carbons (Fsp3) is 0.875. The van der Waals surface area contributed by atoms with Crippen molar-refractivity contribution in [1.29, 1.82) is 0 Å². The van der Waals surface area contributed by atoms with E-state index in [2.05, 4.69) is 10.6 Å². The lowest BCUT2D eigenvalue weighted by Crippen LogP contribution is -2.41. The zero-order valence-corrected chi connectivity index (χ0v) is 7.68. The first-order valence-corrected chi connectivity index (χ1v) is 4.38. The minimum atomic E-state index is -0.891. The van der Waals surface area contributed by atoms with E-state index in [0.717, 1.165) is 0 Å². The second-order valence-electron chi connectivity index (χ2n) is 3.08. The number of carbonyl (C=O) groups is 1. The third-order valence-electron chi connectivity index (χ3n) is 2.00. The average molecular weight is 190 g/mol. The van der Waals surface area contributed by atoms with Gasteiger partial charge in [0.15, 0.2) is 0 Å². The van der Waals surface area contributed by atoms with Crippen molar-refractivity contribution in [2.45, 2.75) is 18.6 Å². The van der Waals surface area contributed by atoms with Gasteiger partial charge in [-0.2, -0.15) is 0 Å². The van der Waals surface area contributed by atoms with Crippen LogP contribution in [0, 0.1) is 0 Å². The van der Waals surface area contributed by atoms with Crippen LogP contribution in [0.15, 0.2) is 0 Å². The highest BCUT2D eigenvalue weighted by molar-refractivity contribution is 5.82. The molecule has 5 heteroatoms. The van der Waals surface area contributed by atoms with Gasteiger partial charge in [0.1, 0.15) is 6.17 Å². The van der Waals surface area contributed by atoms with Crippen LogP contribution < -0.4 is 10.6 Å². The summed E-state index contributed by atoms with van der Waals surface area (Å²) in [5.74, 6) is -0.141. The van der Waals surface area contributed by atoms with Gasteiger partial charge >= 0.3 is 0 Å². The molecule has 0 bridgehead atoms. The molecule has 13 heavy (non-hydrogen) atoms. The van der Waals surface area contributed by atoms with E-state index in [9.17, 15) is 9.18 Å². The van der Waals surface area contributed by atoms with Gasteiger partial charge < -0.3 is 15.4 Å². The molecule has 0 radical (unpaired) electrons. The van der Waals surface area contributed by atoms with Gasteiger partial charge in [-0.1, -0.05) is 0 Å². The zero-order valence-electron chi connectivity index (χ0n) is 7.68. The molecule has 2 N–H and O–H groups in total. The van der Waals surface area contributed by atoms with E-state index in [4.69, 9.17) is 4.74 Å². The predicted octanol–water partition coefficient (Wildman–Crippen LogP) is -0.551. The third-order valence-corrected chi connectivity index (χ3v) is 2.00. The number of nitrogens with one attached hydrogen (secondary N) is 2. The standard InChI is InChI=1S/C8H15FN2O2/c1-13-3-2-10-8(12)7-4-6(9)5-11-7/h6-7,11H,2-5H2,1H3,(H,10,12)/t6-,7+/m1/s1. The van der Waals surface area contributed by atoms with E-state index in [0.29, 0.717) is 13.2 Å². The molecule has 4 nitrogen and oxygen atoms in total. The number of hydrogen-bond donors (Lipinski definition) is 2. The van der Waals surface area contributed by atoms with Gasteiger partial charge in [-0.15, -0.1) is 0 Å². The first-order valence-electron chi connectivity index (χ1n) is 4.38. The van der Waals surface area contributed by atoms with Crippen molar-refractivity contribution in [1.82, 2.24) is 10.6 Å². The lowest BCUT2D eigenvalue weighted by molar-refractivity contribution is -0.123. The molecular formula is C8H15FN2O2. The highest BCUT2D eigenvalue weighted by Gasteiger charge is 2.28. The number of rotatable bonds is 4. The Balaban J connectivity index is 2.16. The van der Waals surface area contributed by atoms with Crippen LogP contribution in [0.3, 0.4) is 0 Å². The molecular weight excluding hydrogens is 175 g/mol. The Morgan fingerprint density at radius 3 is 3.08 bits per heavy atom. The van der Waals surface area contributed by atoms with Crippen LogP contribution in [0.4, 0.5) is 4.39 Å². The van der Waals surface area contributed by atoms with Gasteiger partial charge in [0.2, 0.25) is 5.91 Å². The third kappa shape index (κ3) is 3.28. The van der Waals surface area contributed by atoms with Crippen LogP contribution >= 0.6 is 0 Å². The van der Waals surface area contributed by atoms with Crippen LogP contribution in [-0.4, -0.2) is 44.9 Å². The molecule has 0 saturated carbocycles. The Bertz CT molecular complexity index is 178. The van der Waals surface area contributed by atoms with E-state index in [1.165, 1.54) is 0 Å². The van der Waals surface area contributed by atoms with Crippen LogP contribution in [0.2, 0.25) is 0 Å². The van der Waals surface area contributed by atoms with Crippen molar-refractivity contribution in [2.75, 3.05) is 26.8 Å². The Morgan fingerprint density at radius 1 is 1.77 bits per heavy atom. The second-order valence-corrected chi connectivity index (χ2v) is 3.08. The van der Waals surface area contributed by atoms with Crippen molar-refractivity contribution in [3.63, 3.8) is 0 Å². The Labute approximate surface area is 76.8 Å². The summed E-state index contributed by atoms with van der Waals surface area (Å²) in [6, 6.07) is -0.369. The predicted molar refractivity (Wildman–Crippen MR) is 46.2 cm³/mol. The molecule has 1 amide bonds. The van der Waals surface area contributed by atoms with Crippen LogP contribution in [0.25, 0.3) is 0 Å². The van der Waals surface area contributed by atoms with Crippen molar-refractivity contribution >= 4 is 5.91 Å². The maximum absolute atomic E-state index is 12.7. The molecule has 1 heterocycles. The van der Waals surface area contributed by atoms with Gasteiger partial charge in [-0.3, -0.25) is 4.79 Å². The number of amides is 1. The molecule has 0 aromatic carbocycles. The van der Waals surface area contributed by atoms with Gasteiger partial charge in [0.25, 0.3) is 0 Å². The monoisotopic (exact) mass is 190 g/mol. The summed E-state index contributed by atoms with van der Waals surface area (Å²) in [4.78, 5) is 11.3. The number of methoxy groups -OCH3 is 1. The number of alkyl halides is 1. The fourth-order valence-corrected chi connectivity index (χ4v) is 1.29. The lowest BCUT2D eigenvalue weighted by Gasteiger charge is -2.09. The number of halogens is 1. The van der Waals surface area contributed by atoms with Crippen molar-refractivity contribution in [3.05, 3.63) is 0 Å². The summed E-state index contributed by atoms with van der Waals surface area (Å²) in [6.45, 7) is 1.24. The molecule has 1 saturated heterocycles.